The predicted molar refractivity (Wildman–Crippen MR) is 68.3 cm³/mol. The van der Waals surface area contributed by atoms with Crippen molar-refractivity contribution < 1.29 is 4.74 Å². The number of hydrogen-bond donors (Lipinski definition) is 1. The molecular formula is C12H11BrN2O. The Kier molecular flexibility index (Phi) is 3.10. The van der Waals surface area contributed by atoms with E-state index in [4.69, 9.17) is 10.5 Å². The van der Waals surface area contributed by atoms with E-state index < -0.39 is 0 Å². The molecule has 0 aliphatic carbocycles. The van der Waals surface area contributed by atoms with Gasteiger partial charge in [0.25, 0.3) is 0 Å². The van der Waals surface area contributed by atoms with Crippen LogP contribution in [0.25, 0.3) is 11.1 Å². The van der Waals surface area contributed by atoms with Gasteiger partial charge in [-0.3, -0.25) is 0 Å². The number of halogens is 1. The molecule has 0 spiro atoms. The van der Waals surface area contributed by atoms with E-state index in [9.17, 15) is 0 Å². The highest BCUT2D eigenvalue weighted by molar-refractivity contribution is 9.10. The van der Waals surface area contributed by atoms with E-state index >= 15 is 0 Å². The van der Waals surface area contributed by atoms with Gasteiger partial charge in [0, 0.05) is 21.8 Å². The molecule has 0 bridgehead atoms. The predicted octanol–water partition coefficient (Wildman–Crippen LogP) is 3.10. The number of hydrogen-bond acceptors (Lipinski definition) is 3. The Labute approximate surface area is 102 Å². The summed E-state index contributed by atoms with van der Waals surface area (Å²) in [5.41, 5.74) is 7.67. The van der Waals surface area contributed by atoms with Crippen LogP contribution in [0.2, 0.25) is 0 Å². The number of methoxy groups -OCH3 is 1. The lowest BCUT2D eigenvalue weighted by molar-refractivity contribution is 0.416. The van der Waals surface area contributed by atoms with Crippen LogP contribution >= 0.6 is 15.9 Å². The molecular weight excluding hydrogens is 268 g/mol. The van der Waals surface area contributed by atoms with Crippen LogP contribution in [0, 0.1) is 0 Å². The summed E-state index contributed by atoms with van der Waals surface area (Å²) < 4.78 is 6.19. The highest BCUT2D eigenvalue weighted by Gasteiger charge is 2.09. The molecule has 82 valence electrons. The van der Waals surface area contributed by atoms with E-state index in [0.29, 0.717) is 5.82 Å². The fourth-order valence-electron chi connectivity index (χ4n) is 1.53. The molecule has 1 aromatic heterocycles. The summed E-state index contributed by atoms with van der Waals surface area (Å²) in [5.74, 6) is 1.28. The number of pyridine rings is 1. The molecule has 2 rings (SSSR count). The smallest absolute Gasteiger partial charge is 0.131 e. The molecule has 1 aromatic carbocycles. The molecule has 0 atom stereocenters. The van der Waals surface area contributed by atoms with Crippen LogP contribution in [-0.2, 0) is 0 Å². The average molecular weight is 279 g/mol. The molecule has 1 heterocycles. The van der Waals surface area contributed by atoms with Gasteiger partial charge in [-0.15, -0.1) is 0 Å². The summed E-state index contributed by atoms with van der Waals surface area (Å²) >= 11 is 3.38. The van der Waals surface area contributed by atoms with Crippen molar-refractivity contribution >= 4 is 21.7 Å². The first-order chi connectivity index (χ1) is 7.72. The largest absolute Gasteiger partial charge is 0.496 e. The quantitative estimate of drug-likeness (QED) is 0.918. The monoisotopic (exact) mass is 278 g/mol. The lowest BCUT2D eigenvalue weighted by Gasteiger charge is -2.10. The fourth-order valence-corrected chi connectivity index (χ4v) is 1.86. The summed E-state index contributed by atoms with van der Waals surface area (Å²) in [7, 11) is 1.64. The number of benzene rings is 1. The number of aromatic nitrogens is 1. The number of nitrogens with zero attached hydrogens (tertiary/aromatic N) is 1. The normalized spacial score (nSPS) is 10.1. The lowest BCUT2D eigenvalue weighted by Crippen LogP contribution is -1.95. The standard InChI is InChI=1S/C12H11BrN2O/c1-16-11-5-3-2-4-9(11)10-6-8(13)7-15-12(10)14/h2-7H,1H3,(H2,14,15). The average Bonchev–Trinajstić information content (AvgIpc) is 2.32. The minimum absolute atomic E-state index is 0.493. The molecule has 3 nitrogen and oxygen atoms in total. The second kappa shape index (κ2) is 4.53. The summed E-state index contributed by atoms with van der Waals surface area (Å²) in [6.07, 6.45) is 1.67. The molecule has 2 aromatic rings. The second-order valence-corrected chi connectivity index (χ2v) is 4.20. The van der Waals surface area contributed by atoms with Crippen LogP contribution in [0.4, 0.5) is 5.82 Å². The first kappa shape index (κ1) is 11.0. The Morgan fingerprint density at radius 3 is 2.75 bits per heavy atom. The van der Waals surface area contributed by atoms with Gasteiger partial charge < -0.3 is 10.5 Å². The molecule has 2 N–H and O–H groups in total. The third-order valence-electron chi connectivity index (χ3n) is 2.28. The third-order valence-corrected chi connectivity index (χ3v) is 2.72. The van der Waals surface area contributed by atoms with E-state index in [0.717, 1.165) is 21.3 Å². The summed E-state index contributed by atoms with van der Waals surface area (Å²) in [5, 5.41) is 0. The van der Waals surface area contributed by atoms with Crippen LogP contribution in [0.5, 0.6) is 5.75 Å². The highest BCUT2D eigenvalue weighted by Crippen LogP contribution is 2.33. The van der Waals surface area contributed by atoms with Gasteiger partial charge >= 0.3 is 0 Å². The molecule has 0 aliphatic rings. The minimum Gasteiger partial charge on any atom is -0.496 e. The number of rotatable bonds is 2. The maximum absolute atomic E-state index is 5.86. The SMILES string of the molecule is COc1ccccc1-c1cc(Br)cnc1N. The van der Waals surface area contributed by atoms with Crippen LogP contribution < -0.4 is 10.5 Å². The van der Waals surface area contributed by atoms with E-state index in [-0.39, 0.29) is 0 Å². The Morgan fingerprint density at radius 1 is 1.25 bits per heavy atom. The molecule has 4 heteroatoms. The van der Waals surface area contributed by atoms with Gasteiger partial charge in [-0.1, -0.05) is 18.2 Å². The first-order valence-corrected chi connectivity index (χ1v) is 5.56. The Hall–Kier alpha value is -1.55. The maximum atomic E-state index is 5.86. The minimum atomic E-state index is 0.493. The zero-order valence-corrected chi connectivity index (χ0v) is 10.4. The first-order valence-electron chi connectivity index (χ1n) is 4.77. The van der Waals surface area contributed by atoms with Crippen LogP contribution in [0.15, 0.2) is 41.0 Å². The van der Waals surface area contributed by atoms with Crippen LogP contribution in [-0.4, -0.2) is 12.1 Å². The molecule has 16 heavy (non-hydrogen) atoms. The van der Waals surface area contributed by atoms with Gasteiger partial charge in [0.05, 0.1) is 7.11 Å². The zero-order valence-electron chi connectivity index (χ0n) is 8.77. The van der Waals surface area contributed by atoms with Gasteiger partial charge in [0.15, 0.2) is 0 Å². The van der Waals surface area contributed by atoms with Crippen molar-refractivity contribution in [3.05, 3.63) is 41.0 Å². The van der Waals surface area contributed by atoms with Crippen molar-refractivity contribution in [2.45, 2.75) is 0 Å². The number of nitrogens with two attached hydrogens (primary N) is 1. The molecule has 0 fully saturated rings. The lowest BCUT2D eigenvalue weighted by atomic mass is 10.1. The number of nitrogen functional groups attached to an aromatic ring is 1. The van der Waals surface area contributed by atoms with E-state index in [2.05, 4.69) is 20.9 Å². The zero-order chi connectivity index (χ0) is 11.5. The van der Waals surface area contributed by atoms with Crippen molar-refractivity contribution in [1.29, 1.82) is 0 Å². The van der Waals surface area contributed by atoms with E-state index in [1.165, 1.54) is 0 Å². The Bertz CT molecular complexity index is 514. The van der Waals surface area contributed by atoms with Gasteiger partial charge in [0.1, 0.15) is 11.6 Å². The van der Waals surface area contributed by atoms with Crippen LogP contribution in [0.1, 0.15) is 0 Å². The Balaban J connectivity index is 2.62. The van der Waals surface area contributed by atoms with Gasteiger partial charge in [-0.05, 0) is 28.1 Å². The number of para-hydroxylation sites is 1. The summed E-state index contributed by atoms with van der Waals surface area (Å²) in [4.78, 5) is 4.11. The summed E-state index contributed by atoms with van der Waals surface area (Å²) in [6, 6.07) is 9.65. The summed E-state index contributed by atoms with van der Waals surface area (Å²) in [6.45, 7) is 0. The van der Waals surface area contributed by atoms with Gasteiger partial charge in [-0.2, -0.15) is 0 Å². The maximum Gasteiger partial charge on any atom is 0.131 e. The van der Waals surface area contributed by atoms with Crippen molar-refractivity contribution in [2.24, 2.45) is 0 Å². The van der Waals surface area contributed by atoms with Crippen molar-refractivity contribution in [1.82, 2.24) is 4.98 Å². The number of anilines is 1. The fraction of sp³-hybridized carbons (Fsp3) is 0.0833. The molecule has 0 unspecified atom stereocenters. The molecule has 0 saturated carbocycles. The Morgan fingerprint density at radius 2 is 2.00 bits per heavy atom. The van der Waals surface area contributed by atoms with Crippen molar-refractivity contribution in [3.63, 3.8) is 0 Å². The molecule has 0 saturated heterocycles. The van der Waals surface area contributed by atoms with Gasteiger partial charge in [0.2, 0.25) is 0 Å². The topological polar surface area (TPSA) is 48.1 Å². The number of ether oxygens (including phenoxy) is 1. The van der Waals surface area contributed by atoms with Crippen molar-refractivity contribution in [3.8, 4) is 16.9 Å². The molecule has 0 radical (unpaired) electrons. The van der Waals surface area contributed by atoms with Gasteiger partial charge in [-0.25, -0.2) is 4.98 Å². The van der Waals surface area contributed by atoms with Crippen molar-refractivity contribution in [2.75, 3.05) is 12.8 Å². The van der Waals surface area contributed by atoms with E-state index in [1.807, 2.05) is 30.3 Å². The van der Waals surface area contributed by atoms with E-state index in [1.54, 1.807) is 13.3 Å². The second-order valence-electron chi connectivity index (χ2n) is 3.29. The van der Waals surface area contributed by atoms with Crippen LogP contribution in [0.3, 0.4) is 0 Å². The third kappa shape index (κ3) is 2.02. The molecule has 0 amide bonds. The molecule has 0 aliphatic heterocycles. The highest BCUT2D eigenvalue weighted by atomic mass is 79.9.